The van der Waals surface area contributed by atoms with E-state index in [1.165, 1.54) is 6.07 Å². The van der Waals surface area contributed by atoms with Gasteiger partial charge in [0, 0.05) is 23.0 Å². The molecule has 0 unspecified atom stereocenters. The zero-order chi connectivity index (χ0) is 18.9. The normalized spacial score (nSPS) is 12.0. The molecule has 3 aromatic rings. The van der Waals surface area contributed by atoms with Crippen molar-refractivity contribution in [1.29, 1.82) is 0 Å². The van der Waals surface area contributed by atoms with Gasteiger partial charge >= 0.3 is 0 Å². The quantitative estimate of drug-likeness (QED) is 0.758. The Labute approximate surface area is 153 Å². The van der Waals surface area contributed by atoms with Crippen molar-refractivity contribution in [3.05, 3.63) is 65.9 Å². The minimum absolute atomic E-state index is 0.0680. The van der Waals surface area contributed by atoms with Crippen LogP contribution in [-0.4, -0.2) is 18.2 Å². The van der Waals surface area contributed by atoms with E-state index in [-0.39, 0.29) is 4.90 Å². The number of allylic oxidation sites excluding steroid dienone is 1. The molecule has 0 atom stereocenters. The van der Waals surface area contributed by atoms with Gasteiger partial charge in [-0.15, -0.1) is 0 Å². The fourth-order valence-corrected chi connectivity index (χ4v) is 3.71. The van der Waals surface area contributed by atoms with E-state index in [9.17, 15) is 8.42 Å². The number of sulfonamides is 1. The van der Waals surface area contributed by atoms with Crippen LogP contribution in [0.3, 0.4) is 0 Å². The monoisotopic (exact) mass is 367 g/mol. The summed E-state index contributed by atoms with van der Waals surface area (Å²) in [6.07, 6.45) is 3.73. The fraction of sp³-hybridized carbons (Fsp3) is 0.150. The second kappa shape index (κ2) is 6.90. The maximum absolute atomic E-state index is 12.1. The first kappa shape index (κ1) is 18.1. The van der Waals surface area contributed by atoms with Crippen molar-refractivity contribution in [1.82, 2.24) is 9.78 Å². The first-order valence-corrected chi connectivity index (χ1v) is 9.78. The molecule has 0 aliphatic heterocycles. The van der Waals surface area contributed by atoms with Crippen LogP contribution in [0.1, 0.15) is 18.2 Å². The first-order valence-electron chi connectivity index (χ1n) is 8.24. The van der Waals surface area contributed by atoms with Crippen LogP contribution < -0.4 is 5.14 Å². The van der Waals surface area contributed by atoms with Crippen LogP contribution in [0.15, 0.2) is 59.5 Å². The zero-order valence-electron chi connectivity index (χ0n) is 15.0. The van der Waals surface area contributed by atoms with E-state index in [0.29, 0.717) is 11.3 Å². The van der Waals surface area contributed by atoms with E-state index >= 15 is 0 Å². The fourth-order valence-electron chi connectivity index (χ4n) is 2.97. The lowest BCUT2D eigenvalue weighted by atomic mass is 9.98. The van der Waals surface area contributed by atoms with E-state index in [1.54, 1.807) is 22.9 Å². The summed E-state index contributed by atoms with van der Waals surface area (Å²) >= 11 is 0. The van der Waals surface area contributed by atoms with Gasteiger partial charge in [-0.2, -0.15) is 5.10 Å². The molecule has 0 saturated carbocycles. The third-order valence-corrected chi connectivity index (χ3v) is 5.20. The molecule has 1 aromatic heterocycles. The van der Waals surface area contributed by atoms with Crippen LogP contribution in [0.4, 0.5) is 0 Å². The third kappa shape index (κ3) is 3.34. The smallest absolute Gasteiger partial charge is 0.238 e. The number of aryl methyl sites for hydroxylation is 1. The molecule has 0 radical (unpaired) electrons. The third-order valence-electron chi connectivity index (χ3n) is 4.23. The van der Waals surface area contributed by atoms with Gasteiger partial charge in [-0.3, -0.25) is 0 Å². The Balaban J connectivity index is 2.36. The number of hydrogen-bond acceptors (Lipinski definition) is 3. The van der Waals surface area contributed by atoms with Gasteiger partial charge in [-0.05, 0) is 32.4 Å². The van der Waals surface area contributed by atoms with Crippen LogP contribution in [0, 0.1) is 13.8 Å². The molecule has 0 fully saturated rings. The summed E-state index contributed by atoms with van der Waals surface area (Å²) < 4.78 is 25.9. The Morgan fingerprint density at radius 3 is 2.31 bits per heavy atom. The van der Waals surface area contributed by atoms with Crippen molar-refractivity contribution in [2.45, 2.75) is 25.7 Å². The molecule has 0 aliphatic rings. The van der Waals surface area contributed by atoms with Gasteiger partial charge < -0.3 is 0 Å². The topological polar surface area (TPSA) is 78.0 Å². The summed E-state index contributed by atoms with van der Waals surface area (Å²) in [6.45, 7) is 5.90. The van der Waals surface area contributed by atoms with E-state index in [1.807, 2.05) is 57.3 Å². The second-order valence-electron chi connectivity index (χ2n) is 6.14. The van der Waals surface area contributed by atoms with Gasteiger partial charge in [-0.25, -0.2) is 18.2 Å². The highest BCUT2D eigenvalue weighted by Crippen LogP contribution is 2.37. The molecule has 0 amide bonds. The molecule has 1 heterocycles. The number of primary sulfonamides is 1. The van der Waals surface area contributed by atoms with Crippen molar-refractivity contribution in [3.63, 3.8) is 0 Å². The number of nitrogens with zero attached hydrogens (tertiary/aromatic N) is 2. The summed E-state index contributed by atoms with van der Waals surface area (Å²) in [4.78, 5) is 0.0680. The molecule has 5 nitrogen and oxygen atoms in total. The maximum atomic E-state index is 12.1. The average Bonchev–Trinajstić information content (AvgIpc) is 2.92. The molecular weight excluding hydrogens is 346 g/mol. The van der Waals surface area contributed by atoms with Crippen molar-refractivity contribution in [3.8, 4) is 22.4 Å². The standard InChI is InChI=1S/C20H21N3O2S/c1-4-13-23-15(3)19(16-11-9-14(2)10-12-16)20(22-23)17-7-5-6-8-18(17)26(21,24)25/h4-13H,1-3H3,(H2,21,24,25). The van der Waals surface area contributed by atoms with Crippen molar-refractivity contribution < 1.29 is 8.42 Å². The van der Waals surface area contributed by atoms with Gasteiger partial charge in [0.1, 0.15) is 5.69 Å². The summed E-state index contributed by atoms with van der Waals surface area (Å²) in [6, 6.07) is 14.8. The summed E-state index contributed by atoms with van der Waals surface area (Å²) in [7, 11) is -3.87. The van der Waals surface area contributed by atoms with Gasteiger partial charge in [0.25, 0.3) is 0 Å². The predicted octanol–water partition coefficient (Wildman–Crippen LogP) is 3.97. The van der Waals surface area contributed by atoms with Crippen LogP contribution in [0.5, 0.6) is 0 Å². The lowest BCUT2D eigenvalue weighted by Crippen LogP contribution is -2.13. The highest BCUT2D eigenvalue weighted by molar-refractivity contribution is 7.89. The lowest BCUT2D eigenvalue weighted by molar-refractivity contribution is 0.598. The average molecular weight is 367 g/mol. The summed E-state index contributed by atoms with van der Waals surface area (Å²) in [5.41, 5.74) is 5.03. The highest BCUT2D eigenvalue weighted by Gasteiger charge is 2.22. The number of benzene rings is 2. The van der Waals surface area contributed by atoms with Gasteiger partial charge in [0.2, 0.25) is 10.0 Å². The molecule has 26 heavy (non-hydrogen) atoms. The highest BCUT2D eigenvalue weighted by atomic mass is 32.2. The van der Waals surface area contributed by atoms with Gasteiger partial charge in [0.05, 0.1) is 4.90 Å². The second-order valence-corrected chi connectivity index (χ2v) is 7.67. The van der Waals surface area contributed by atoms with Crippen molar-refractivity contribution in [2.75, 3.05) is 0 Å². The molecule has 134 valence electrons. The minimum Gasteiger partial charge on any atom is -0.244 e. The molecule has 0 aliphatic carbocycles. The van der Waals surface area contributed by atoms with Gasteiger partial charge in [0.15, 0.2) is 0 Å². The van der Waals surface area contributed by atoms with Crippen LogP contribution in [0.2, 0.25) is 0 Å². The molecule has 2 N–H and O–H groups in total. The van der Waals surface area contributed by atoms with Crippen molar-refractivity contribution in [2.24, 2.45) is 5.14 Å². The lowest BCUT2D eigenvalue weighted by Gasteiger charge is -2.09. The minimum atomic E-state index is -3.87. The molecule has 0 bridgehead atoms. The number of nitrogens with two attached hydrogens (primary N) is 1. The van der Waals surface area contributed by atoms with Crippen LogP contribution >= 0.6 is 0 Å². The molecule has 2 aromatic carbocycles. The number of aromatic nitrogens is 2. The predicted molar refractivity (Wildman–Crippen MR) is 105 cm³/mol. The Morgan fingerprint density at radius 2 is 1.69 bits per heavy atom. The Hall–Kier alpha value is -2.70. The van der Waals surface area contributed by atoms with E-state index in [4.69, 9.17) is 5.14 Å². The van der Waals surface area contributed by atoms with E-state index in [0.717, 1.165) is 22.4 Å². The summed E-state index contributed by atoms with van der Waals surface area (Å²) in [5, 5.41) is 10.1. The molecular formula is C20H21N3O2S. The molecule has 0 saturated heterocycles. The zero-order valence-corrected chi connectivity index (χ0v) is 15.8. The summed E-state index contributed by atoms with van der Waals surface area (Å²) in [5.74, 6) is 0. The molecule has 3 rings (SSSR count). The van der Waals surface area contributed by atoms with Gasteiger partial charge in [-0.1, -0.05) is 54.1 Å². The number of rotatable bonds is 4. The number of hydrogen-bond donors (Lipinski definition) is 1. The first-order chi connectivity index (χ1) is 12.3. The Bertz CT molecular complexity index is 1080. The largest absolute Gasteiger partial charge is 0.244 e. The van der Waals surface area contributed by atoms with Crippen molar-refractivity contribution >= 4 is 16.2 Å². The van der Waals surface area contributed by atoms with Crippen LogP contribution in [-0.2, 0) is 10.0 Å². The Morgan fingerprint density at radius 1 is 1.04 bits per heavy atom. The Kier molecular flexibility index (Phi) is 4.80. The molecule has 6 heteroatoms. The van der Waals surface area contributed by atoms with E-state index in [2.05, 4.69) is 5.10 Å². The van der Waals surface area contributed by atoms with E-state index < -0.39 is 10.0 Å². The van der Waals surface area contributed by atoms with Crippen LogP contribution in [0.25, 0.3) is 28.6 Å². The molecule has 0 spiro atoms. The maximum Gasteiger partial charge on any atom is 0.238 e. The SMILES string of the molecule is CC=Cn1nc(-c2ccccc2S(N)(=O)=O)c(-c2ccc(C)cc2)c1C.